The fraction of sp³-hybridized carbons (Fsp3) is 0.0164. The van der Waals surface area contributed by atoms with Gasteiger partial charge in [-0.3, -0.25) is 0 Å². The van der Waals surface area contributed by atoms with Gasteiger partial charge in [-0.05, 0) is 232 Å². The summed E-state index contributed by atoms with van der Waals surface area (Å²) >= 11 is 0. The van der Waals surface area contributed by atoms with Crippen LogP contribution in [0.2, 0.25) is 0 Å². The molecule has 0 bridgehead atoms. The first-order valence-electron chi connectivity index (χ1n) is 43.9. The molecule has 0 fully saturated rings. The zero-order chi connectivity index (χ0) is 84.1. The van der Waals surface area contributed by atoms with Gasteiger partial charge in [-0.15, -0.1) is 0 Å². The van der Waals surface area contributed by atoms with Gasteiger partial charge in [0.15, 0.2) is 11.2 Å². The Bertz CT molecular complexity index is 8430. The molecule has 0 radical (unpaired) electrons. The molecule has 0 N–H and O–H groups in total. The fourth-order valence-electron chi connectivity index (χ4n) is 21.4. The Morgan fingerprint density at radius 2 is 0.484 bits per heavy atom. The Morgan fingerprint density at radius 3 is 1.00 bits per heavy atom. The van der Waals surface area contributed by atoms with E-state index in [9.17, 15) is 0 Å². The van der Waals surface area contributed by atoms with Crippen molar-refractivity contribution in [1.29, 1.82) is 0 Å². The van der Waals surface area contributed by atoms with E-state index >= 15 is 0 Å². The van der Waals surface area contributed by atoms with E-state index in [0.29, 0.717) is 0 Å². The van der Waals surface area contributed by atoms with Crippen molar-refractivity contribution in [2.75, 3.05) is 9.80 Å². The normalized spacial score (nSPS) is 13.0. The van der Waals surface area contributed by atoms with Crippen molar-refractivity contribution in [2.24, 2.45) is 0 Å². The summed E-state index contributed by atoms with van der Waals surface area (Å²) in [6.45, 7) is 0. The molecule has 4 heterocycles. The molecule has 20 aromatic carbocycles. The van der Waals surface area contributed by atoms with Crippen molar-refractivity contribution in [3.8, 4) is 77.9 Å². The Balaban J connectivity index is 0.547. The third kappa shape index (κ3) is 11.2. The average molecular weight is 1630 g/mol. The highest BCUT2D eigenvalue weighted by Crippen LogP contribution is 2.61. The molecule has 4 aromatic heterocycles. The summed E-state index contributed by atoms with van der Waals surface area (Å²) in [5.74, 6) is 0. The van der Waals surface area contributed by atoms with Gasteiger partial charge in [-0.25, -0.2) is 0 Å². The van der Waals surface area contributed by atoms with Crippen LogP contribution < -0.4 is 9.80 Å². The van der Waals surface area contributed by atoms with Crippen molar-refractivity contribution in [2.45, 2.75) is 10.8 Å². The van der Waals surface area contributed by atoms with E-state index in [1.807, 2.05) is 6.07 Å². The minimum atomic E-state index is -0.548. The van der Waals surface area contributed by atoms with Crippen LogP contribution in [-0.4, -0.2) is 0 Å². The summed E-state index contributed by atoms with van der Waals surface area (Å²) in [4.78, 5) is 4.68. The van der Waals surface area contributed by atoms with E-state index in [2.05, 4.69) is 465 Å². The summed E-state index contributed by atoms with van der Waals surface area (Å²) in [5, 5.41) is 8.54. The number of hydrogen-bond donors (Lipinski definition) is 0. The van der Waals surface area contributed by atoms with Gasteiger partial charge in [0.25, 0.3) is 0 Å². The highest BCUT2D eigenvalue weighted by Gasteiger charge is 2.48. The zero-order valence-corrected chi connectivity index (χ0v) is 69.4. The maximum absolute atomic E-state index is 7.21. The average Bonchev–Trinajstić information content (AvgIpc) is 1.53. The van der Waals surface area contributed by atoms with Crippen molar-refractivity contribution in [3.63, 3.8) is 0 Å². The molecule has 6 heteroatoms. The van der Waals surface area contributed by atoms with Gasteiger partial charge in [0.2, 0.25) is 0 Å². The monoisotopic (exact) mass is 1630 g/mol. The molecule has 6 nitrogen and oxygen atoms in total. The minimum absolute atomic E-state index is 0.536. The van der Waals surface area contributed by atoms with Crippen LogP contribution in [0.15, 0.2) is 479 Å². The first kappa shape index (κ1) is 72.8. The summed E-state index contributed by atoms with van der Waals surface area (Å²) in [6, 6.07) is 167. The molecular weight excluding hydrogens is 1560 g/mol. The number of anilines is 6. The van der Waals surface area contributed by atoms with Crippen LogP contribution in [0.5, 0.6) is 0 Å². The van der Waals surface area contributed by atoms with Gasteiger partial charge in [-0.1, -0.05) is 346 Å². The Morgan fingerprint density at radius 1 is 0.156 bits per heavy atom. The summed E-state index contributed by atoms with van der Waals surface area (Å²) in [5.41, 5.74) is 37.0. The molecule has 0 spiro atoms. The van der Waals surface area contributed by atoms with E-state index in [0.717, 1.165) is 178 Å². The number of hydrogen-bond acceptors (Lipinski definition) is 6. The van der Waals surface area contributed by atoms with Gasteiger partial charge >= 0.3 is 0 Å². The number of fused-ring (bicyclic) bond motifs is 18. The van der Waals surface area contributed by atoms with Crippen molar-refractivity contribution < 1.29 is 17.7 Å². The predicted molar refractivity (Wildman–Crippen MR) is 527 cm³/mol. The second kappa shape index (κ2) is 28.9. The molecule has 0 unspecified atom stereocenters. The van der Waals surface area contributed by atoms with Crippen molar-refractivity contribution in [3.05, 3.63) is 506 Å². The highest BCUT2D eigenvalue weighted by molar-refractivity contribution is 6.16. The SMILES string of the molecule is c1ccc(-c2ccc(N(c3ccc(-c4ccc5oc6cc7c(cc6c5c4)-c4ccccc4C7(c4ccccc4)c4ccccc4)cc3)c3cc(-c4ccc(-c5ccc(N(c6ccc(-c7cccc8c7oc7cc9c(cc78)-c7ccccc7C9(c7ccccc7)c7ccccc7)cc6)c6cccc7c6oc6ccccc67)cc5)cc4)cc4c3oc3ccccc34)cc2)cc1. The number of rotatable bonds is 15. The molecule has 128 heavy (non-hydrogen) atoms. The largest absolute Gasteiger partial charge is 0.456 e. The highest BCUT2D eigenvalue weighted by atomic mass is 16.3. The van der Waals surface area contributed by atoms with E-state index in [1.54, 1.807) is 0 Å². The lowest BCUT2D eigenvalue weighted by molar-refractivity contribution is 0.666. The van der Waals surface area contributed by atoms with Crippen LogP contribution in [0.3, 0.4) is 0 Å². The first-order chi connectivity index (χ1) is 63.4. The summed E-state index contributed by atoms with van der Waals surface area (Å²) in [7, 11) is 0. The van der Waals surface area contributed by atoms with Crippen molar-refractivity contribution in [1.82, 2.24) is 0 Å². The standard InChI is InChI=1S/C122H76N2O4/c1-6-26-77(27-7-1)79-52-63-92(64-53-79)124(93-65-56-81(57-66-93)84-60-69-115-103(70-84)105-74-102-96-37-17-21-44-108(96)121(86-28-8-2-9-29-86,87-30-10-3-11-31-87)109(102)75-116(105)125-115)112-72-85(71-106-98-39-19-23-47-114(98)127-120(106)112)82-50-48-78(49-51-82)80-54-61-90(62-55-80)123(111-45-25-42-99-97-38-18-22-46-113(97)126-119(99)111)91-67-58-83(59-68-91)94-40-24-41-100-104-73-101-95-36-16-20-43-107(95)122(88-32-12-4-13-33-88,89-34-14-5-15-35-89)110(101)76-117(104)128-118(94)100/h1-76H. The van der Waals surface area contributed by atoms with Crippen LogP contribution in [0.25, 0.3) is 166 Å². The second-order valence-electron chi connectivity index (χ2n) is 34.0. The molecule has 0 atom stereocenters. The smallest absolute Gasteiger partial charge is 0.159 e. The molecule has 0 saturated carbocycles. The Kier molecular flexibility index (Phi) is 16.4. The van der Waals surface area contributed by atoms with Crippen LogP contribution in [0.4, 0.5) is 34.1 Å². The quantitative estimate of drug-likeness (QED) is 0.102. The van der Waals surface area contributed by atoms with Gasteiger partial charge in [0.1, 0.15) is 33.5 Å². The molecule has 24 aromatic rings. The number of para-hydroxylation sites is 4. The molecule has 26 rings (SSSR count). The second-order valence-corrected chi connectivity index (χ2v) is 34.0. The van der Waals surface area contributed by atoms with Crippen LogP contribution in [0, 0.1) is 0 Å². The van der Waals surface area contributed by atoms with E-state index < -0.39 is 10.8 Å². The lowest BCUT2D eigenvalue weighted by Crippen LogP contribution is -2.28. The third-order valence-electron chi connectivity index (χ3n) is 27.3. The number of furan rings is 4. The van der Waals surface area contributed by atoms with E-state index in [4.69, 9.17) is 17.7 Å². The summed E-state index contributed by atoms with van der Waals surface area (Å²) < 4.78 is 28.1. The topological polar surface area (TPSA) is 59.0 Å². The number of nitrogens with zero attached hydrogens (tertiary/aromatic N) is 2. The van der Waals surface area contributed by atoms with Crippen LogP contribution in [0.1, 0.15) is 44.5 Å². The molecular formula is C122H76N2O4. The maximum atomic E-state index is 7.21. The maximum Gasteiger partial charge on any atom is 0.159 e. The molecule has 2 aliphatic carbocycles. The van der Waals surface area contributed by atoms with Gasteiger partial charge in [-0.2, -0.15) is 0 Å². The van der Waals surface area contributed by atoms with E-state index in [-0.39, 0.29) is 0 Å². The lowest BCUT2D eigenvalue weighted by Gasteiger charge is -2.33. The summed E-state index contributed by atoms with van der Waals surface area (Å²) in [6.07, 6.45) is 0. The van der Waals surface area contributed by atoms with E-state index in [1.165, 1.54) is 66.8 Å². The molecule has 0 aliphatic heterocycles. The van der Waals surface area contributed by atoms with Crippen LogP contribution >= 0.6 is 0 Å². The van der Waals surface area contributed by atoms with Gasteiger partial charge < -0.3 is 27.5 Å². The molecule has 0 saturated heterocycles. The number of benzene rings is 20. The lowest BCUT2D eigenvalue weighted by atomic mass is 9.67. The predicted octanol–water partition coefficient (Wildman–Crippen LogP) is 33.3. The molecule has 2 aliphatic rings. The molecule has 0 amide bonds. The third-order valence-corrected chi connectivity index (χ3v) is 27.3. The van der Waals surface area contributed by atoms with Gasteiger partial charge in [0, 0.05) is 71.4 Å². The van der Waals surface area contributed by atoms with Gasteiger partial charge in [0.05, 0.1) is 22.2 Å². The first-order valence-corrected chi connectivity index (χ1v) is 43.9. The minimum Gasteiger partial charge on any atom is -0.456 e. The Labute approximate surface area is 738 Å². The fourth-order valence-corrected chi connectivity index (χ4v) is 21.4. The van der Waals surface area contributed by atoms with Crippen molar-refractivity contribution >= 4 is 122 Å². The Hall–Kier alpha value is -16.8. The molecule has 598 valence electrons. The van der Waals surface area contributed by atoms with Crippen LogP contribution in [-0.2, 0) is 10.8 Å². The zero-order valence-electron chi connectivity index (χ0n) is 69.4.